The molecule has 2 aromatic rings. The van der Waals surface area contributed by atoms with Crippen LogP contribution >= 0.6 is 0 Å². The first-order valence-electron chi connectivity index (χ1n) is 4.91. The Kier molecular flexibility index (Phi) is 2.95. The van der Waals surface area contributed by atoms with Crippen LogP contribution in [0.2, 0.25) is 0 Å². The van der Waals surface area contributed by atoms with Crippen LogP contribution in [-0.4, -0.2) is 20.8 Å². The molecule has 0 aliphatic heterocycles. The molecule has 2 rings (SSSR count). The van der Waals surface area contributed by atoms with Crippen LogP contribution in [0.25, 0.3) is 11.3 Å². The van der Waals surface area contributed by atoms with Crippen molar-refractivity contribution in [2.75, 3.05) is 0 Å². The van der Waals surface area contributed by atoms with Crippen molar-refractivity contribution >= 4 is 5.78 Å². The maximum atomic E-state index is 13.0. The van der Waals surface area contributed by atoms with Gasteiger partial charge in [0.25, 0.3) is 0 Å². The second-order valence-electron chi connectivity index (χ2n) is 3.63. The highest BCUT2D eigenvalue weighted by molar-refractivity contribution is 5.75. The molecule has 0 spiro atoms. The predicted octanol–water partition coefficient (Wildman–Crippen LogP) is 1.81. The summed E-state index contributed by atoms with van der Waals surface area (Å²) >= 11 is 0. The Morgan fingerprint density at radius 2 is 2.12 bits per heavy atom. The van der Waals surface area contributed by atoms with E-state index in [0.29, 0.717) is 11.3 Å². The smallest absolute Gasteiger partial charge is 0.159 e. The minimum Gasteiger partial charge on any atom is -0.298 e. The van der Waals surface area contributed by atoms with E-state index in [1.807, 2.05) is 0 Å². The van der Waals surface area contributed by atoms with Crippen molar-refractivity contribution in [1.82, 2.24) is 15.0 Å². The van der Waals surface area contributed by atoms with Crippen molar-refractivity contribution in [2.24, 2.45) is 0 Å². The summed E-state index contributed by atoms with van der Waals surface area (Å²) in [5.41, 5.74) is 0.809. The van der Waals surface area contributed by atoms with Crippen molar-refractivity contribution in [2.45, 2.75) is 13.5 Å². The van der Waals surface area contributed by atoms with Crippen molar-refractivity contribution in [3.63, 3.8) is 0 Å². The van der Waals surface area contributed by atoms with Gasteiger partial charge in [0.2, 0.25) is 0 Å². The van der Waals surface area contributed by atoms with Crippen molar-refractivity contribution in [3.8, 4) is 11.3 Å². The molecule has 0 saturated carbocycles. The zero-order valence-corrected chi connectivity index (χ0v) is 9.02. The number of halogens is 2. The summed E-state index contributed by atoms with van der Waals surface area (Å²) in [6.07, 6.45) is 1.51. The topological polar surface area (TPSA) is 47.8 Å². The van der Waals surface area contributed by atoms with Crippen LogP contribution in [0.4, 0.5) is 8.78 Å². The summed E-state index contributed by atoms with van der Waals surface area (Å²) in [6, 6.07) is 3.46. The highest BCUT2D eigenvalue weighted by Crippen LogP contribution is 2.18. The van der Waals surface area contributed by atoms with Gasteiger partial charge < -0.3 is 0 Å². The van der Waals surface area contributed by atoms with E-state index in [-0.39, 0.29) is 12.3 Å². The number of hydrogen-bond acceptors (Lipinski definition) is 3. The molecule has 1 aromatic carbocycles. The number of nitrogens with zero attached hydrogens (tertiary/aromatic N) is 3. The van der Waals surface area contributed by atoms with Gasteiger partial charge in [-0.2, -0.15) is 0 Å². The number of hydrogen-bond donors (Lipinski definition) is 0. The lowest BCUT2D eigenvalue weighted by Gasteiger charge is -1.97. The summed E-state index contributed by atoms with van der Waals surface area (Å²) in [7, 11) is 0. The fraction of sp³-hybridized carbons (Fsp3) is 0.182. The Hall–Kier alpha value is -2.11. The molecule has 88 valence electrons. The van der Waals surface area contributed by atoms with E-state index < -0.39 is 11.6 Å². The molecule has 0 bridgehead atoms. The molecule has 1 heterocycles. The van der Waals surface area contributed by atoms with E-state index in [4.69, 9.17) is 0 Å². The van der Waals surface area contributed by atoms with Crippen molar-refractivity contribution in [1.29, 1.82) is 0 Å². The van der Waals surface area contributed by atoms with Crippen LogP contribution in [0.1, 0.15) is 6.92 Å². The number of carbonyl (C=O) groups excluding carboxylic acids is 1. The zero-order valence-electron chi connectivity index (χ0n) is 9.02. The lowest BCUT2D eigenvalue weighted by molar-refractivity contribution is -0.117. The summed E-state index contributed by atoms with van der Waals surface area (Å²) in [4.78, 5) is 10.9. The third-order valence-electron chi connectivity index (χ3n) is 2.14. The first kappa shape index (κ1) is 11.4. The lowest BCUT2D eigenvalue weighted by atomic mass is 10.1. The summed E-state index contributed by atoms with van der Waals surface area (Å²) in [5.74, 6) is -1.92. The van der Waals surface area contributed by atoms with Crippen LogP contribution in [0.5, 0.6) is 0 Å². The summed E-state index contributed by atoms with van der Waals surface area (Å²) in [6.45, 7) is 1.54. The third-order valence-corrected chi connectivity index (χ3v) is 2.14. The van der Waals surface area contributed by atoms with Gasteiger partial charge in [-0.25, -0.2) is 13.5 Å². The maximum Gasteiger partial charge on any atom is 0.159 e. The maximum absolute atomic E-state index is 13.0. The van der Waals surface area contributed by atoms with E-state index in [1.165, 1.54) is 23.9 Å². The fourth-order valence-corrected chi connectivity index (χ4v) is 1.39. The number of aromatic nitrogens is 3. The molecule has 0 atom stereocenters. The van der Waals surface area contributed by atoms with Crippen LogP contribution in [0, 0.1) is 11.6 Å². The van der Waals surface area contributed by atoms with E-state index in [0.717, 1.165) is 12.1 Å². The number of carbonyl (C=O) groups is 1. The number of Topliss-reactive ketones (excluding diaryl/α,β-unsaturated/α-hetero) is 1. The van der Waals surface area contributed by atoms with E-state index in [1.54, 1.807) is 0 Å². The number of rotatable bonds is 3. The van der Waals surface area contributed by atoms with Crippen LogP contribution < -0.4 is 0 Å². The molecule has 0 fully saturated rings. The highest BCUT2D eigenvalue weighted by Gasteiger charge is 2.08. The minimum absolute atomic E-state index is 0.0632. The van der Waals surface area contributed by atoms with Crippen LogP contribution in [0.3, 0.4) is 0 Å². The average molecular weight is 237 g/mol. The molecule has 0 N–H and O–H groups in total. The largest absolute Gasteiger partial charge is 0.298 e. The van der Waals surface area contributed by atoms with E-state index in [9.17, 15) is 13.6 Å². The standard InChI is InChI=1S/C11H9F2N3O/c1-7(17)5-16-6-11(14-15-16)8-2-3-9(12)10(13)4-8/h2-4,6H,5H2,1H3. The molecule has 0 aliphatic carbocycles. The SMILES string of the molecule is CC(=O)Cn1cc(-c2ccc(F)c(F)c2)nn1. The Labute approximate surface area is 95.9 Å². The fourth-order valence-electron chi connectivity index (χ4n) is 1.39. The molecule has 4 nitrogen and oxygen atoms in total. The van der Waals surface area contributed by atoms with Gasteiger partial charge in [0.05, 0.1) is 6.20 Å². The molecule has 6 heteroatoms. The molecule has 0 aliphatic rings. The molecular weight excluding hydrogens is 228 g/mol. The summed E-state index contributed by atoms with van der Waals surface area (Å²) in [5, 5.41) is 7.50. The van der Waals surface area contributed by atoms with Gasteiger partial charge in [-0.1, -0.05) is 5.21 Å². The Balaban J connectivity index is 2.30. The van der Waals surface area contributed by atoms with E-state index >= 15 is 0 Å². The predicted molar refractivity (Wildman–Crippen MR) is 56.1 cm³/mol. The Bertz CT molecular complexity index is 566. The quantitative estimate of drug-likeness (QED) is 0.818. The van der Waals surface area contributed by atoms with Crippen LogP contribution in [0.15, 0.2) is 24.4 Å². The second-order valence-corrected chi connectivity index (χ2v) is 3.63. The third kappa shape index (κ3) is 2.52. The lowest BCUT2D eigenvalue weighted by Crippen LogP contribution is -2.06. The molecule has 0 unspecified atom stereocenters. The number of benzene rings is 1. The van der Waals surface area contributed by atoms with Gasteiger partial charge in [0.15, 0.2) is 17.4 Å². The highest BCUT2D eigenvalue weighted by atomic mass is 19.2. The molecule has 0 radical (unpaired) electrons. The zero-order chi connectivity index (χ0) is 12.4. The molecule has 0 saturated heterocycles. The molecule has 17 heavy (non-hydrogen) atoms. The van der Waals surface area contributed by atoms with Gasteiger partial charge in [0, 0.05) is 5.56 Å². The van der Waals surface area contributed by atoms with Crippen LogP contribution in [-0.2, 0) is 11.3 Å². The second kappa shape index (κ2) is 4.40. The Morgan fingerprint density at radius 3 is 2.76 bits per heavy atom. The van der Waals surface area contributed by atoms with Gasteiger partial charge in [-0.15, -0.1) is 5.10 Å². The van der Waals surface area contributed by atoms with Crippen molar-refractivity contribution in [3.05, 3.63) is 36.0 Å². The monoisotopic (exact) mass is 237 g/mol. The first-order valence-corrected chi connectivity index (χ1v) is 4.91. The average Bonchev–Trinajstić information content (AvgIpc) is 2.69. The summed E-state index contributed by atoms with van der Waals surface area (Å²) < 4.78 is 27.1. The minimum atomic E-state index is -0.941. The Morgan fingerprint density at radius 1 is 1.35 bits per heavy atom. The van der Waals surface area contributed by atoms with Gasteiger partial charge >= 0.3 is 0 Å². The van der Waals surface area contributed by atoms with Crippen molar-refractivity contribution < 1.29 is 13.6 Å². The van der Waals surface area contributed by atoms with Gasteiger partial charge in [-0.3, -0.25) is 4.79 Å². The number of ketones is 1. The molecule has 0 amide bonds. The van der Waals surface area contributed by atoms with Gasteiger partial charge in [-0.05, 0) is 25.1 Å². The normalized spacial score (nSPS) is 10.5. The first-order chi connectivity index (χ1) is 8.06. The van der Waals surface area contributed by atoms with E-state index in [2.05, 4.69) is 10.3 Å². The van der Waals surface area contributed by atoms with Gasteiger partial charge in [0.1, 0.15) is 12.2 Å². The molecular formula is C11H9F2N3O. The molecule has 1 aromatic heterocycles.